The fraction of sp³-hybridized carbons (Fsp3) is 0.667. The second-order valence-electron chi connectivity index (χ2n) is 6.98. The number of rotatable bonds is 4. The normalized spacial score (nSPS) is 20.6. The molecule has 3 rings (SSSR count). The average Bonchev–Trinajstić information content (AvgIpc) is 2.67. The molecule has 2 amide bonds. The zero-order valence-electron chi connectivity index (χ0n) is 15.9. The summed E-state index contributed by atoms with van der Waals surface area (Å²) in [5.74, 6) is -0.0648. The third kappa shape index (κ3) is 4.54. The number of morpholine rings is 1. The average molecular weight is 377 g/mol. The van der Waals surface area contributed by atoms with Crippen LogP contribution in [0, 0.1) is 13.8 Å². The molecule has 2 saturated heterocycles. The molecule has 2 fully saturated rings. The molecule has 148 valence electrons. The van der Waals surface area contributed by atoms with Gasteiger partial charge in [-0.25, -0.2) is 4.79 Å². The molecule has 0 aliphatic carbocycles. The van der Waals surface area contributed by atoms with Crippen molar-refractivity contribution < 1.29 is 14.3 Å². The molecule has 1 aromatic rings. The van der Waals surface area contributed by atoms with Crippen molar-refractivity contribution in [2.45, 2.75) is 32.7 Å². The molecule has 9 heteroatoms. The highest BCUT2D eigenvalue weighted by Gasteiger charge is 2.35. The minimum Gasteiger partial charge on any atom is -0.378 e. The monoisotopic (exact) mass is 377 g/mol. The van der Waals surface area contributed by atoms with Crippen LogP contribution in [0.1, 0.15) is 23.4 Å². The molecule has 2 aliphatic rings. The number of aromatic nitrogens is 2. The minimum absolute atomic E-state index is 0.0167. The molecule has 2 aliphatic heterocycles. The summed E-state index contributed by atoms with van der Waals surface area (Å²) in [6.07, 6.45) is 0.769. The summed E-state index contributed by atoms with van der Waals surface area (Å²) in [5.41, 5.74) is 1.89. The van der Waals surface area contributed by atoms with Crippen molar-refractivity contribution in [1.82, 2.24) is 25.1 Å². The van der Waals surface area contributed by atoms with Crippen LogP contribution in [-0.4, -0.2) is 83.6 Å². The number of aromatic amines is 1. The molecular formula is C18H27N5O4. The van der Waals surface area contributed by atoms with E-state index in [0.717, 1.165) is 11.3 Å². The second-order valence-corrected chi connectivity index (χ2v) is 6.98. The lowest BCUT2D eigenvalue weighted by molar-refractivity contribution is -0.149. The van der Waals surface area contributed by atoms with Crippen molar-refractivity contribution in [3.8, 4) is 0 Å². The fourth-order valence-electron chi connectivity index (χ4n) is 3.72. The van der Waals surface area contributed by atoms with E-state index in [-0.39, 0.29) is 23.9 Å². The van der Waals surface area contributed by atoms with Gasteiger partial charge in [0.2, 0.25) is 11.8 Å². The van der Waals surface area contributed by atoms with Gasteiger partial charge in [-0.2, -0.15) is 4.98 Å². The first-order valence-corrected chi connectivity index (χ1v) is 9.40. The summed E-state index contributed by atoms with van der Waals surface area (Å²) in [6.45, 7) is 7.47. The smallest absolute Gasteiger partial charge is 0.345 e. The summed E-state index contributed by atoms with van der Waals surface area (Å²) in [6, 6.07) is -0.472. The second kappa shape index (κ2) is 8.62. The Balaban J connectivity index is 1.66. The van der Waals surface area contributed by atoms with E-state index in [0.29, 0.717) is 58.1 Å². The van der Waals surface area contributed by atoms with Crippen LogP contribution in [0.4, 0.5) is 0 Å². The molecule has 2 N–H and O–H groups in total. The Morgan fingerprint density at radius 1 is 1.22 bits per heavy atom. The Morgan fingerprint density at radius 2 is 1.96 bits per heavy atom. The van der Waals surface area contributed by atoms with E-state index in [9.17, 15) is 14.4 Å². The topological polar surface area (TPSA) is 108 Å². The largest absolute Gasteiger partial charge is 0.378 e. The van der Waals surface area contributed by atoms with E-state index in [1.165, 1.54) is 0 Å². The fourth-order valence-corrected chi connectivity index (χ4v) is 3.72. The maximum Gasteiger partial charge on any atom is 0.345 e. The highest BCUT2D eigenvalue weighted by Crippen LogP contribution is 2.14. The molecule has 0 spiro atoms. The van der Waals surface area contributed by atoms with Gasteiger partial charge in [-0.15, -0.1) is 0 Å². The summed E-state index contributed by atoms with van der Waals surface area (Å²) >= 11 is 0. The maximum atomic E-state index is 12.9. The number of carbonyl (C=O) groups is 2. The van der Waals surface area contributed by atoms with Crippen LogP contribution in [0.3, 0.4) is 0 Å². The van der Waals surface area contributed by atoms with Crippen LogP contribution >= 0.6 is 0 Å². The number of nitrogens with zero attached hydrogens (tertiary/aromatic N) is 3. The van der Waals surface area contributed by atoms with E-state index >= 15 is 0 Å². The number of aryl methyl sites for hydroxylation is 2. The molecule has 0 unspecified atom stereocenters. The van der Waals surface area contributed by atoms with Crippen molar-refractivity contribution in [3.05, 3.63) is 27.4 Å². The molecular weight excluding hydrogens is 350 g/mol. The number of hydrogen-bond acceptors (Lipinski definition) is 6. The predicted molar refractivity (Wildman–Crippen MR) is 98.4 cm³/mol. The van der Waals surface area contributed by atoms with Crippen molar-refractivity contribution in [2.75, 3.05) is 45.9 Å². The highest BCUT2D eigenvalue weighted by atomic mass is 16.5. The number of H-pyrrole nitrogens is 1. The summed E-state index contributed by atoms with van der Waals surface area (Å²) in [7, 11) is 0. The van der Waals surface area contributed by atoms with Crippen molar-refractivity contribution in [3.63, 3.8) is 0 Å². The molecule has 9 nitrogen and oxygen atoms in total. The molecule has 1 atom stereocenters. The van der Waals surface area contributed by atoms with Gasteiger partial charge in [-0.1, -0.05) is 0 Å². The summed E-state index contributed by atoms with van der Waals surface area (Å²) in [4.78, 5) is 47.2. The van der Waals surface area contributed by atoms with Crippen LogP contribution < -0.4 is 11.0 Å². The molecule has 27 heavy (non-hydrogen) atoms. The van der Waals surface area contributed by atoms with Gasteiger partial charge in [0.25, 0.3) is 0 Å². The minimum atomic E-state index is -0.472. The van der Waals surface area contributed by atoms with Crippen LogP contribution in [0.25, 0.3) is 0 Å². The number of carbonyl (C=O) groups excluding carboxylic acids is 2. The highest BCUT2D eigenvalue weighted by molar-refractivity contribution is 5.88. The Bertz CT molecular complexity index is 730. The molecule has 0 aromatic carbocycles. The van der Waals surface area contributed by atoms with Crippen LogP contribution in [-0.2, 0) is 20.7 Å². The number of nitrogens with one attached hydrogen (secondary N) is 2. The lowest BCUT2D eigenvalue weighted by Gasteiger charge is -2.39. The van der Waals surface area contributed by atoms with E-state index < -0.39 is 6.04 Å². The Morgan fingerprint density at radius 3 is 2.67 bits per heavy atom. The van der Waals surface area contributed by atoms with Crippen LogP contribution in [0.5, 0.6) is 0 Å². The molecule has 0 bridgehead atoms. The van der Waals surface area contributed by atoms with Crippen LogP contribution in [0.15, 0.2) is 4.79 Å². The maximum absolute atomic E-state index is 12.9. The van der Waals surface area contributed by atoms with Crippen molar-refractivity contribution >= 4 is 11.8 Å². The third-order valence-corrected chi connectivity index (χ3v) is 5.21. The summed E-state index contributed by atoms with van der Waals surface area (Å²) < 4.78 is 5.31. The standard InChI is InChI=1S/C18H27N5O4/c1-12-14(13(2)21-18(26)20-12)3-4-16(24)23-6-5-19-11-15(23)17(25)22-7-9-27-10-8-22/h15,19H,3-11H2,1-2H3,(H,20,21,26)/t15-/m1/s1. The first kappa shape index (κ1) is 19.5. The first-order chi connectivity index (χ1) is 13.0. The van der Waals surface area contributed by atoms with Gasteiger partial charge in [0.05, 0.1) is 13.2 Å². The van der Waals surface area contributed by atoms with E-state index in [2.05, 4.69) is 15.3 Å². The van der Waals surface area contributed by atoms with Gasteiger partial charge in [-0.3, -0.25) is 9.59 Å². The van der Waals surface area contributed by atoms with Gasteiger partial charge in [0, 0.05) is 50.5 Å². The number of ether oxygens (including phenoxy) is 1. The molecule has 3 heterocycles. The van der Waals surface area contributed by atoms with E-state index in [1.807, 2.05) is 6.92 Å². The van der Waals surface area contributed by atoms with Crippen molar-refractivity contribution in [2.24, 2.45) is 0 Å². The Labute approximate surface area is 158 Å². The van der Waals surface area contributed by atoms with Gasteiger partial charge >= 0.3 is 5.69 Å². The zero-order chi connectivity index (χ0) is 19.4. The van der Waals surface area contributed by atoms with Gasteiger partial charge in [0.15, 0.2) is 0 Å². The Hall–Kier alpha value is -2.26. The lowest BCUT2D eigenvalue weighted by Crippen LogP contribution is -2.61. The number of amides is 2. The van der Waals surface area contributed by atoms with Gasteiger partial charge < -0.3 is 24.8 Å². The quantitative estimate of drug-likeness (QED) is 0.695. The molecule has 0 radical (unpaired) electrons. The number of piperazine rings is 1. The number of hydrogen-bond donors (Lipinski definition) is 2. The van der Waals surface area contributed by atoms with Crippen LogP contribution in [0.2, 0.25) is 0 Å². The summed E-state index contributed by atoms with van der Waals surface area (Å²) in [5, 5.41) is 3.22. The Kier molecular flexibility index (Phi) is 6.22. The molecule has 1 aromatic heterocycles. The van der Waals surface area contributed by atoms with Gasteiger partial charge in [-0.05, 0) is 25.8 Å². The lowest BCUT2D eigenvalue weighted by atomic mass is 10.0. The predicted octanol–water partition coefficient (Wildman–Crippen LogP) is -1.02. The third-order valence-electron chi connectivity index (χ3n) is 5.21. The van der Waals surface area contributed by atoms with Crippen molar-refractivity contribution in [1.29, 1.82) is 0 Å². The zero-order valence-corrected chi connectivity index (χ0v) is 15.9. The van der Waals surface area contributed by atoms with Gasteiger partial charge in [0.1, 0.15) is 6.04 Å². The van der Waals surface area contributed by atoms with E-state index in [1.54, 1.807) is 16.7 Å². The molecule has 0 saturated carbocycles. The SMILES string of the molecule is Cc1nc(=O)[nH]c(C)c1CCC(=O)N1CCNC[C@@H]1C(=O)N1CCOCC1. The van der Waals surface area contributed by atoms with E-state index in [4.69, 9.17) is 4.74 Å². The first-order valence-electron chi connectivity index (χ1n) is 9.40.